The molecule has 0 aliphatic carbocycles. The van der Waals surface area contributed by atoms with Crippen molar-refractivity contribution in [2.45, 2.75) is 26.1 Å². The summed E-state index contributed by atoms with van der Waals surface area (Å²) in [4.78, 5) is 4.26. The van der Waals surface area contributed by atoms with E-state index in [2.05, 4.69) is 20.7 Å². The molecule has 0 saturated carbocycles. The number of aliphatic imine (C=N–C) groups is 1. The zero-order chi connectivity index (χ0) is 20.1. The molecule has 0 amide bonds. The SMILES string of the molecule is CCNC(=NCc1cn(C)nc1C(F)(F)F)NCCc1ccc2c(c1)OCO2.I. The van der Waals surface area contributed by atoms with Crippen LogP contribution in [0.1, 0.15) is 23.7 Å². The molecule has 1 aliphatic rings. The van der Waals surface area contributed by atoms with Crippen molar-refractivity contribution in [3.05, 3.63) is 41.2 Å². The molecular formula is C18H23F3IN5O2. The Hall–Kier alpha value is -2.18. The van der Waals surface area contributed by atoms with Crippen LogP contribution in [0.3, 0.4) is 0 Å². The van der Waals surface area contributed by atoms with Crippen molar-refractivity contribution < 1.29 is 22.6 Å². The number of nitrogens with one attached hydrogen (secondary N) is 2. The molecule has 1 aromatic heterocycles. The van der Waals surface area contributed by atoms with E-state index >= 15 is 0 Å². The minimum Gasteiger partial charge on any atom is -0.454 e. The second kappa shape index (κ2) is 10.0. The highest BCUT2D eigenvalue weighted by molar-refractivity contribution is 14.0. The number of guanidine groups is 1. The molecule has 0 saturated heterocycles. The van der Waals surface area contributed by atoms with Crippen molar-refractivity contribution in [3.63, 3.8) is 0 Å². The van der Waals surface area contributed by atoms with Crippen LogP contribution < -0.4 is 20.1 Å². The first-order valence-corrected chi connectivity index (χ1v) is 8.87. The number of rotatable bonds is 6. The topological polar surface area (TPSA) is 72.7 Å². The Bertz CT molecular complexity index is 855. The maximum Gasteiger partial charge on any atom is 0.435 e. The normalized spacial score (nSPS) is 13.2. The van der Waals surface area contributed by atoms with E-state index in [1.807, 2.05) is 25.1 Å². The second-order valence-corrected chi connectivity index (χ2v) is 6.23. The Morgan fingerprint density at radius 1 is 1.24 bits per heavy atom. The molecule has 11 heteroatoms. The minimum atomic E-state index is -4.50. The van der Waals surface area contributed by atoms with Crippen molar-refractivity contribution in [3.8, 4) is 11.5 Å². The maximum atomic E-state index is 13.0. The Morgan fingerprint density at radius 3 is 2.72 bits per heavy atom. The van der Waals surface area contributed by atoms with E-state index in [-0.39, 0.29) is 42.9 Å². The van der Waals surface area contributed by atoms with Gasteiger partial charge < -0.3 is 20.1 Å². The number of alkyl halides is 3. The average Bonchev–Trinajstić information content (AvgIpc) is 3.25. The van der Waals surface area contributed by atoms with E-state index in [0.717, 1.165) is 16.0 Å². The van der Waals surface area contributed by atoms with Crippen LogP contribution >= 0.6 is 24.0 Å². The van der Waals surface area contributed by atoms with E-state index in [1.165, 1.54) is 13.2 Å². The first-order chi connectivity index (χ1) is 13.4. The first kappa shape index (κ1) is 23.1. The summed E-state index contributed by atoms with van der Waals surface area (Å²) in [6, 6.07) is 5.72. The summed E-state index contributed by atoms with van der Waals surface area (Å²) in [6.07, 6.45) is -2.47. The van der Waals surface area contributed by atoms with Crippen molar-refractivity contribution in [1.82, 2.24) is 20.4 Å². The Morgan fingerprint density at radius 2 is 2.00 bits per heavy atom. The molecule has 7 nitrogen and oxygen atoms in total. The van der Waals surface area contributed by atoms with Crippen LogP contribution in [0.25, 0.3) is 0 Å². The Kier molecular flexibility index (Phi) is 7.99. The van der Waals surface area contributed by atoms with Gasteiger partial charge in [0.1, 0.15) is 0 Å². The van der Waals surface area contributed by atoms with Crippen LogP contribution in [-0.4, -0.2) is 35.6 Å². The van der Waals surface area contributed by atoms with E-state index in [0.29, 0.717) is 31.2 Å². The van der Waals surface area contributed by atoms with E-state index in [1.54, 1.807) is 0 Å². The first-order valence-electron chi connectivity index (χ1n) is 8.87. The number of aryl methyl sites for hydroxylation is 1. The van der Waals surface area contributed by atoms with Gasteiger partial charge >= 0.3 is 6.18 Å². The van der Waals surface area contributed by atoms with Crippen LogP contribution in [0.15, 0.2) is 29.4 Å². The van der Waals surface area contributed by atoms with Crippen LogP contribution in [0.5, 0.6) is 11.5 Å². The van der Waals surface area contributed by atoms with Crippen molar-refractivity contribution in [2.75, 3.05) is 19.9 Å². The molecule has 1 aliphatic heterocycles. The zero-order valence-corrected chi connectivity index (χ0v) is 18.4. The molecular weight excluding hydrogens is 502 g/mol. The molecule has 2 N–H and O–H groups in total. The lowest BCUT2D eigenvalue weighted by Crippen LogP contribution is -2.38. The number of nitrogens with zero attached hydrogens (tertiary/aromatic N) is 3. The predicted molar refractivity (Wildman–Crippen MR) is 113 cm³/mol. The summed E-state index contributed by atoms with van der Waals surface area (Å²) >= 11 is 0. The smallest absolute Gasteiger partial charge is 0.435 e. The van der Waals surface area contributed by atoms with Gasteiger partial charge in [-0.1, -0.05) is 6.07 Å². The number of aromatic nitrogens is 2. The summed E-state index contributed by atoms with van der Waals surface area (Å²) in [7, 11) is 1.46. The van der Waals surface area contributed by atoms with Gasteiger partial charge in [-0.3, -0.25) is 4.68 Å². The standard InChI is InChI=1S/C18H22F3N5O2.HI/c1-3-22-17(24-9-13-10-26(2)25-16(13)18(19,20)21)23-7-6-12-4-5-14-15(8-12)28-11-27-14;/h4-5,8,10H,3,6-7,9,11H2,1-2H3,(H2,22,23,24);1H. The molecule has 0 atom stereocenters. The molecule has 2 aromatic rings. The van der Waals surface area contributed by atoms with Gasteiger partial charge in [-0.25, -0.2) is 4.99 Å². The lowest BCUT2D eigenvalue weighted by Gasteiger charge is -2.12. The number of hydrogen-bond donors (Lipinski definition) is 2. The van der Waals surface area contributed by atoms with E-state index in [4.69, 9.17) is 9.47 Å². The summed E-state index contributed by atoms with van der Waals surface area (Å²) in [5.41, 5.74) is 0.178. The van der Waals surface area contributed by atoms with Crippen LogP contribution in [0, 0.1) is 0 Å². The highest BCUT2D eigenvalue weighted by Crippen LogP contribution is 2.32. The number of hydrogen-bond acceptors (Lipinski definition) is 4. The molecule has 3 rings (SSSR count). The van der Waals surface area contributed by atoms with Gasteiger partial charge in [-0.05, 0) is 31.0 Å². The minimum absolute atomic E-state index is 0. The van der Waals surface area contributed by atoms with E-state index in [9.17, 15) is 13.2 Å². The molecule has 0 bridgehead atoms. The quantitative estimate of drug-likeness (QED) is 0.345. The highest BCUT2D eigenvalue weighted by atomic mass is 127. The fourth-order valence-electron chi connectivity index (χ4n) is 2.82. The molecule has 160 valence electrons. The molecule has 0 unspecified atom stereocenters. The number of fused-ring (bicyclic) bond motifs is 1. The number of ether oxygens (including phenoxy) is 2. The van der Waals surface area contributed by atoms with Crippen LogP contribution in [0.4, 0.5) is 13.2 Å². The molecule has 2 heterocycles. The van der Waals surface area contributed by atoms with Gasteiger partial charge in [0.2, 0.25) is 6.79 Å². The number of halogens is 4. The summed E-state index contributed by atoms with van der Waals surface area (Å²) in [5.74, 6) is 1.89. The fraction of sp³-hybridized carbons (Fsp3) is 0.444. The van der Waals surface area contributed by atoms with Crippen LogP contribution in [0.2, 0.25) is 0 Å². The molecule has 29 heavy (non-hydrogen) atoms. The van der Waals surface area contributed by atoms with Gasteiger partial charge in [-0.15, -0.1) is 24.0 Å². The molecule has 0 spiro atoms. The monoisotopic (exact) mass is 525 g/mol. The second-order valence-electron chi connectivity index (χ2n) is 6.23. The predicted octanol–water partition coefficient (Wildman–Crippen LogP) is 3.08. The van der Waals surface area contributed by atoms with Gasteiger partial charge in [0, 0.05) is 31.9 Å². The van der Waals surface area contributed by atoms with Crippen molar-refractivity contribution in [1.29, 1.82) is 0 Å². The summed E-state index contributed by atoms with van der Waals surface area (Å²) < 4.78 is 50.9. The largest absolute Gasteiger partial charge is 0.454 e. The Labute approximate surface area is 183 Å². The third kappa shape index (κ3) is 6.15. The molecule has 1 aromatic carbocycles. The Balaban J connectivity index is 0.00000300. The number of benzene rings is 1. The zero-order valence-electron chi connectivity index (χ0n) is 16.0. The lowest BCUT2D eigenvalue weighted by atomic mass is 10.1. The van der Waals surface area contributed by atoms with Gasteiger partial charge in [-0.2, -0.15) is 18.3 Å². The van der Waals surface area contributed by atoms with Crippen molar-refractivity contribution >= 4 is 29.9 Å². The van der Waals surface area contributed by atoms with Crippen molar-refractivity contribution in [2.24, 2.45) is 12.0 Å². The van der Waals surface area contributed by atoms with Gasteiger partial charge in [0.15, 0.2) is 23.2 Å². The molecule has 0 fully saturated rings. The third-order valence-corrected chi connectivity index (χ3v) is 4.07. The summed E-state index contributed by atoms with van der Waals surface area (Å²) in [6.45, 7) is 3.14. The fourth-order valence-corrected chi connectivity index (χ4v) is 2.82. The maximum absolute atomic E-state index is 13.0. The highest BCUT2D eigenvalue weighted by Gasteiger charge is 2.36. The van der Waals surface area contributed by atoms with E-state index < -0.39 is 11.9 Å². The summed E-state index contributed by atoms with van der Waals surface area (Å²) in [5, 5.41) is 9.66. The van der Waals surface area contributed by atoms with Crippen LogP contribution in [-0.2, 0) is 26.2 Å². The van der Waals surface area contributed by atoms with Gasteiger partial charge in [0.25, 0.3) is 0 Å². The third-order valence-electron chi connectivity index (χ3n) is 4.07. The van der Waals surface area contributed by atoms with Gasteiger partial charge in [0.05, 0.1) is 6.54 Å². The average molecular weight is 525 g/mol. The lowest BCUT2D eigenvalue weighted by molar-refractivity contribution is -0.142. The molecule has 0 radical (unpaired) electrons.